The largest absolute Gasteiger partial charge is 0.494 e. The Hall–Kier alpha value is -2.76. The number of amides is 1. The lowest BCUT2D eigenvalue weighted by Crippen LogP contribution is -2.47. The Bertz CT molecular complexity index is 1550. The number of aromatic nitrogens is 2. The van der Waals surface area contributed by atoms with E-state index in [-0.39, 0.29) is 23.9 Å². The Kier molecular flexibility index (Phi) is 7.37. The van der Waals surface area contributed by atoms with Crippen molar-refractivity contribution in [2.24, 2.45) is 0 Å². The minimum Gasteiger partial charge on any atom is -0.494 e. The molecule has 0 radical (unpaired) electrons. The van der Waals surface area contributed by atoms with E-state index in [1.807, 2.05) is 0 Å². The van der Waals surface area contributed by atoms with Gasteiger partial charge in [0.1, 0.15) is 17.3 Å². The van der Waals surface area contributed by atoms with Crippen molar-refractivity contribution >= 4 is 65.8 Å². The van der Waals surface area contributed by atoms with Crippen LogP contribution in [0.2, 0.25) is 10.0 Å². The molecular weight excluding hydrogens is 555 g/mol. The molecule has 2 aromatic heterocycles. The van der Waals surface area contributed by atoms with Gasteiger partial charge in [-0.1, -0.05) is 34.5 Å². The van der Waals surface area contributed by atoms with Gasteiger partial charge in [-0.05, 0) is 66.9 Å². The maximum atomic E-state index is 14.1. The molecule has 1 amide bonds. The molecule has 3 heterocycles. The molecule has 5 rings (SSSR count). The first-order valence-corrected chi connectivity index (χ1v) is 14.4. The van der Waals surface area contributed by atoms with Crippen molar-refractivity contribution in [3.8, 4) is 5.75 Å². The third kappa shape index (κ3) is 5.04. The van der Waals surface area contributed by atoms with Gasteiger partial charge in [-0.2, -0.15) is 4.31 Å². The first kappa shape index (κ1) is 25.9. The van der Waals surface area contributed by atoms with Gasteiger partial charge in [0.25, 0.3) is 0 Å². The van der Waals surface area contributed by atoms with Crippen molar-refractivity contribution in [3.63, 3.8) is 0 Å². The molecule has 0 bridgehead atoms. The van der Waals surface area contributed by atoms with E-state index < -0.39 is 16.1 Å². The van der Waals surface area contributed by atoms with Crippen molar-refractivity contribution < 1.29 is 17.9 Å². The number of carbonyl (C=O) groups is 1. The van der Waals surface area contributed by atoms with Gasteiger partial charge in [-0.15, -0.1) is 0 Å². The smallest absolute Gasteiger partial charge is 0.247 e. The number of hydrogen-bond acceptors (Lipinski definition) is 7. The van der Waals surface area contributed by atoms with Crippen LogP contribution in [0.5, 0.6) is 5.75 Å². The zero-order valence-electron chi connectivity index (χ0n) is 19.7. The first-order valence-electron chi connectivity index (χ1n) is 11.4. The molecule has 1 aliphatic heterocycles. The van der Waals surface area contributed by atoms with E-state index in [1.54, 1.807) is 43.8 Å². The van der Waals surface area contributed by atoms with Crippen LogP contribution < -0.4 is 9.64 Å². The quantitative estimate of drug-likeness (QED) is 0.292. The fourth-order valence-corrected chi connectivity index (χ4v) is 7.37. The monoisotopic (exact) mass is 576 g/mol. The topological polar surface area (TPSA) is 92.7 Å². The number of fused-ring (bicyclic) bond motifs is 1. The average molecular weight is 578 g/mol. The Labute approximate surface area is 228 Å². The van der Waals surface area contributed by atoms with Crippen LogP contribution in [0.1, 0.15) is 18.4 Å². The molecule has 192 valence electrons. The van der Waals surface area contributed by atoms with Gasteiger partial charge in [-0.25, -0.2) is 13.4 Å². The van der Waals surface area contributed by atoms with Crippen molar-refractivity contribution in [2.75, 3.05) is 18.6 Å². The Morgan fingerprint density at radius 2 is 1.86 bits per heavy atom. The second kappa shape index (κ2) is 10.5. The number of benzene rings is 2. The second-order valence-corrected chi connectivity index (χ2v) is 12.1. The molecule has 1 unspecified atom stereocenters. The molecule has 1 aliphatic rings. The highest BCUT2D eigenvalue weighted by Gasteiger charge is 2.42. The summed E-state index contributed by atoms with van der Waals surface area (Å²) in [4.78, 5) is 24.5. The van der Waals surface area contributed by atoms with Crippen LogP contribution >= 0.6 is 34.5 Å². The fraction of sp³-hybridized carbons (Fsp3) is 0.240. The van der Waals surface area contributed by atoms with E-state index >= 15 is 0 Å². The lowest BCUT2D eigenvalue weighted by Gasteiger charge is -2.28. The number of pyridine rings is 1. The summed E-state index contributed by atoms with van der Waals surface area (Å²) in [7, 11) is -2.38. The van der Waals surface area contributed by atoms with E-state index in [1.165, 1.54) is 44.8 Å². The zero-order valence-corrected chi connectivity index (χ0v) is 22.8. The van der Waals surface area contributed by atoms with Gasteiger partial charge in [0.05, 0.1) is 28.3 Å². The number of carbonyl (C=O) groups excluding carboxylic acids is 1. The average Bonchev–Trinajstić information content (AvgIpc) is 3.57. The van der Waals surface area contributed by atoms with E-state index in [4.69, 9.17) is 32.9 Å². The van der Waals surface area contributed by atoms with Gasteiger partial charge in [0, 0.05) is 24.0 Å². The predicted molar refractivity (Wildman–Crippen MR) is 145 cm³/mol. The van der Waals surface area contributed by atoms with E-state index in [0.29, 0.717) is 44.0 Å². The van der Waals surface area contributed by atoms with Crippen LogP contribution in [0.3, 0.4) is 0 Å². The number of anilines is 1. The van der Waals surface area contributed by atoms with Crippen molar-refractivity contribution in [3.05, 3.63) is 76.5 Å². The Morgan fingerprint density at radius 1 is 1.14 bits per heavy atom. The maximum Gasteiger partial charge on any atom is 0.247 e. The minimum absolute atomic E-state index is 0.0915. The molecule has 37 heavy (non-hydrogen) atoms. The summed E-state index contributed by atoms with van der Waals surface area (Å²) >= 11 is 13.7. The van der Waals surface area contributed by atoms with Crippen molar-refractivity contribution in [1.29, 1.82) is 0 Å². The van der Waals surface area contributed by atoms with Gasteiger partial charge in [0.15, 0.2) is 5.13 Å². The number of nitrogens with zero attached hydrogens (tertiary/aromatic N) is 4. The molecule has 0 spiro atoms. The summed E-state index contributed by atoms with van der Waals surface area (Å²) in [6.45, 7) is 0.427. The first-order chi connectivity index (χ1) is 17.8. The normalized spacial score (nSPS) is 16.2. The summed E-state index contributed by atoms with van der Waals surface area (Å²) in [5, 5.41) is 1.32. The number of hydrogen-bond donors (Lipinski definition) is 0. The SMILES string of the molecule is COc1ccc(Cl)c2sc(N(Cc3ccncc3)C(=O)C3CCCN3S(=O)(=O)c3ccc(Cl)cc3)nc12. The van der Waals surface area contributed by atoms with Crippen LogP contribution in [0.15, 0.2) is 65.8 Å². The molecule has 0 saturated carbocycles. The van der Waals surface area contributed by atoms with E-state index in [9.17, 15) is 13.2 Å². The summed E-state index contributed by atoms with van der Waals surface area (Å²) in [5.74, 6) is 0.173. The number of rotatable bonds is 7. The summed E-state index contributed by atoms with van der Waals surface area (Å²) in [6.07, 6.45) is 4.24. The highest BCUT2D eigenvalue weighted by atomic mass is 35.5. The zero-order chi connectivity index (χ0) is 26.2. The molecule has 1 fully saturated rings. The summed E-state index contributed by atoms with van der Waals surface area (Å²) < 4.78 is 34.4. The molecule has 0 aliphatic carbocycles. The lowest BCUT2D eigenvalue weighted by atomic mass is 10.2. The van der Waals surface area contributed by atoms with Gasteiger partial charge in [0.2, 0.25) is 15.9 Å². The standard InChI is InChI=1S/C25H22Cl2N4O4S2/c1-35-21-9-8-19(27)23-22(21)29-25(36-23)30(15-16-10-12-28-13-11-16)24(32)20-3-2-14-31(20)37(33,34)18-6-4-17(26)5-7-18/h4-13,20H,2-3,14-15H2,1H3. The molecular formula is C25H22Cl2N4O4S2. The van der Waals surface area contributed by atoms with Gasteiger partial charge >= 0.3 is 0 Å². The molecule has 8 nitrogen and oxygen atoms in total. The van der Waals surface area contributed by atoms with Crippen LogP contribution in [0, 0.1) is 0 Å². The second-order valence-electron chi connectivity index (χ2n) is 8.43. The lowest BCUT2D eigenvalue weighted by molar-refractivity contribution is -0.121. The molecule has 0 N–H and O–H groups in total. The summed E-state index contributed by atoms with van der Waals surface area (Å²) in [6, 6.07) is 12.1. The molecule has 4 aromatic rings. The number of ether oxygens (including phenoxy) is 1. The highest BCUT2D eigenvalue weighted by molar-refractivity contribution is 7.89. The van der Waals surface area contributed by atoms with E-state index in [2.05, 4.69) is 4.98 Å². The minimum atomic E-state index is -3.92. The number of thiazole rings is 1. The number of sulfonamides is 1. The molecule has 2 aromatic carbocycles. The molecule has 1 saturated heterocycles. The predicted octanol–water partition coefficient (Wildman–Crippen LogP) is 5.39. The highest BCUT2D eigenvalue weighted by Crippen LogP contribution is 2.40. The van der Waals surface area contributed by atoms with Gasteiger partial charge in [-0.3, -0.25) is 14.7 Å². The Balaban J connectivity index is 1.55. The van der Waals surface area contributed by atoms with Crippen LogP contribution in [-0.4, -0.2) is 48.3 Å². The Morgan fingerprint density at radius 3 is 2.57 bits per heavy atom. The number of methoxy groups -OCH3 is 1. The van der Waals surface area contributed by atoms with Gasteiger partial charge < -0.3 is 4.74 Å². The van der Waals surface area contributed by atoms with E-state index in [0.717, 1.165) is 5.56 Å². The summed E-state index contributed by atoms with van der Waals surface area (Å²) in [5.41, 5.74) is 1.37. The molecule has 12 heteroatoms. The van der Waals surface area contributed by atoms with Crippen molar-refractivity contribution in [1.82, 2.24) is 14.3 Å². The van der Waals surface area contributed by atoms with Crippen LogP contribution in [0.25, 0.3) is 10.2 Å². The maximum absolute atomic E-state index is 14.1. The third-order valence-corrected chi connectivity index (χ3v) is 9.88. The van der Waals surface area contributed by atoms with Crippen molar-refractivity contribution in [2.45, 2.75) is 30.3 Å². The van der Waals surface area contributed by atoms with Crippen LogP contribution in [-0.2, 0) is 21.4 Å². The number of halogens is 2. The van der Waals surface area contributed by atoms with Crippen LogP contribution in [0.4, 0.5) is 5.13 Å². The fourth-order valence-electron chi connectivity index (χ4n) is 4.33. The molecule has 1 atom stereocenters. The third-order valence-electron chi connectivity index (χ3n) is 6.16.